The molecule has 0 bridgehead atoms. The number of thiazole rings is 1. The summed E-state index contributed by atoms with van der Waals surface area (Å²) in [5.41, 5.74) is 1.44. The maximum Gasteiger partial charge on any atom is 0.251 e. The minimum absolute atomic E-state index is 0.0475. The Morgan fingerprint density at radius 3 is 3.10 bits per heavy atom. The van der Waals surface area contributed by atoms with Crippen LogP contribution < -0.4 is 10.6 Å². The molecule has 0 spiro atoms. The van der Waals surface area contributed by atoms with Crippen LogP contribution >= 0.6 is 23.3 Å². The third-order valence-electron chi connectivity index (χ3n) is 4.80. The summed E-state index contributed by atoms with van der Waals surface area (Å²) in [6.07, 6.45) is 8.21. The monoisotopic (exact) mass is 442 g/mol. The Hall–Kier alpha value is -2.69. The minimum Gasteiger partial charge on any atom is -0.387 e. The molecule has 156 valence electrons. The van der Waals surface area contributed by atoms with Crippen LogP contribution in [0, 0.1) is 0 Å². The van der Waals surface area contributed by atoms with Gasteiger partial charge in [-0.3, -0.25) is 4.79 Å². The summed E-state index contributed by atoms with van der Waals surface area (Å²) >= 11 is 3.04. The van der Waals surface area contributed by atoms with Crippen molar-refractivity contribution in [2.75, 3.05) is 18.9 Å². The zero-order chi connectivity index (χ0) is 20.9. The van der Waals surface area contributed by atoms with Crippen LogP contribution in [0.1, 0.15) is 28.1 Å². The Morgan fingerprint density at radius 1 is 1.43 bits per heavy atom. The number of carbonyl (C=O) groups excluding carboxylic acids is 2. The number of hydrogen-bond acceptors (Lipinski definition) is 8. The molecule has 0 radical (unpaired) electrons. The lowest BCUT2D eigenvalue weighted by Gasteiger charge is -2.20. The van der Waals surface area contributed by atoms with Crippen molar-refractivity contribution in [2.24, 2.45) is 0 Å². The molecule has 30 heavy (non-hydrogen) atoms. The number of aldehydes is 1. The van der Waals surface area contributed by atoms with E-state index in [2.05, 4.69) is 25.0 Å². The van der Waals surface area contributed by atoms with Gasteiger partial charge < -0.3 is 15.4 Å². The van der Waals surface area contributed by atoms with E-state index in [0.717, 1.165) is 46.3 Å². The SMILES string of the molecule is CNc1cc(C(=O)NCc2cnc(-n3cccn3)s2)ccc1SN1CCCC1C=O. The van der Waals surface area contributed by atoms with Crippen LogP contribution in [0.15, 0.2) is 47.8 Å². The van der Waals surface area contributed by atoms with Gasteiger partial charge in [-0.25, -0.2) is 14.0 Å². The summed E-state index contributed by atoms with van der Waals surface area (Å²) in [6, 6.07) is 7.37. The first kappa shape index (κ1) is 20.6. The largest absolute Gasteiger partial charge is 0.387 e. The highest BCUT2D eigenvalue weighted by Gasteiger charge is 2.25. The highest BCUT2D eigenvalue weighted by molar-refractivity contribution is 7.97. The number of hydrogen-bond donors (Lipinski definition) is 2. The number of rotatable bonds is 8. The van der Waals surface area contributed by atoms with E-state index in [-0.39, 0.29) is 11.9 Å². The van der Waals surface area contributed by atoms with Gasteiger partial charge >= 0.3 is 0 Å². The third kappa shape index (κ3) is 4.55. The Labute approximate surface area is 182 Å². The Morgan fingerprint density at radius 2 is 2.33 bits per heavy atom. The average molecular weight is 443 g/mol. The van der Waals surface area contributed by atoms with Crippen LogP contribution in [0.3, 0.4) is 0 Å². The number of benzene rings is 1. The van der Waals surface area contributed by atoms with Crippen molar-refractivity contribution in [3.63, 3.8) is 0 Å². The molecule has 8 nitrogen and oxygen atoms in total. The van der Waals surface area contributed by atoms with Crippen molar-refractivity contribution in [3.8, 4) is 5.13 Å². The van der Waals surface area contributed by atoms with E-state index in [4.69, 9.17) is 0 Å². The van der Waals surface area contributed by atoms with Crippen molar-refractivity contribution in [1.82, 2.24) is 24.4 Å². The summed E-state index contributed by atoms with van der Waals surface area (Å²) in [6.45, 7) is 1.28. The lowest BCUT2D eigenvalue weighted by molar-refractivity contribution is -0.110. The molecule has 1 aliphatic rings. The quantitative estimate of drug-likeness (QED) is 0.409. The molecular formula is C20H22N6O2S2. The van der Waals surface area contributed by atoms with Gasteiger partial charge in [0.1, 0.15) is 6.29 Å². The van der Waals surface area contributed by atoms with Gasteiger partial charge in [-0.05, 0) is 49.1 Å². The molecule has 0 aliphatic carbocycles. The van der Waals surface area contributed by atoms with Crippen molar-refractivity contribution in [2.45, 2.75) is 30.3 Å². The van der Waals surface area contributed by atoms with Crippen LogP contribution in [0.5, 0.6) is 0 Å². The van der Waals surface area contributed by atoms with Crippen molar-refractivity contribution in [3.05, 3.63) is 53.3 Å². The maximum absolute atomic E-state index is 12.6. The van der Waals surface area contributed by atoms with Crippen molar-refractivity contribution in [1.29, 1.82) is 0 Å². The number of anilines is 1. The second-order valence-corrected chi connectivity index (χ2v) is 8.97. The first-order valence-corrected chi connectivity index (χ1v) is 11.2. The molecule has 2 aromatic heterocycles. The lowest BCUT2D eigenvalue weighted by atomic mass is 10.2. The molecule has 1 fully saturated rings. The van der Waals surface area contributed by atoms with E-state index in [1.807, 2.05) is 37.5 Å². The van der Waals surface area contributed by atoms with E-state index in [1.54, 1.807) is 29.0 Å². The van der Waals surface area contributed by atoms with Gasteiger partial charge in [0.15, 0.2) is 0 Å². The van der Waals surface area contributed by atoms with E-state index >= 15 is 0 Å². The number of aromatic nitrogens is 3. The van der Waals surface area contributed by atoms with Crippen LogP contribution in [-0.4, -0.2) is 50.9 Å². The summed E-state index contributed by atoms with van der Waals surface area (Å²) in [5.74, 6) is -0.149. The smallest absolute Gasteiger partial charge is 0.251 e. The zero-order valence-electron chi connectivity index (χ0n) is 16.4. The molecule has 1 amide bonds. The molecule has 1 saturated heterocycles. The van der Waals surface area contributed by atoms with Gasteiger partial charge in [-0.2, -0.15) is 5.10 Å². The molecule has 1 atom stereocenters. The fraction of sp³-hybridized carbons (Fsp3) is 0.300. The summed E-state index contributed by atoms with van der Waals surface area (Å²) < 4.78 is 3.80. The average Bonchev–Trinajstić information content (AvgIpc) is 3.53. The summed E-state index contributed by atoms with van der Waals surface area (Å²) in [7, 11) is 1.83. The van der Waals surface area contributed by atoms with E-state index in [1.165, 1.54) is 11.3 Å². The molecule has 1 unspecified atom stereocenters. The Balaban J connectivity index is 1.39. The molecule has 4 rings (SSSR count). The molecule has 10 heteroatoms. The summed E-state index contributed by atoms with van der Waals surface area (Å²) in [5, 5.41) is 11.0. The van der Waals surface area contributed by atoms with E-state index in [0.29, 0.717) is 12.1 Å². The van der Waals surface area contributed by atoms with E-state index < -0.39 is 0 Å². The van der Waals surface area contributed by atoms with Gasteiger partial charge in [-0.1, -0.05) is 11.3 Å². The number of nitrogens with one attached hydrogen (secondary N) is 2. The maximum atomic E-state index is 12.6. The molecule has 2 N–H and O–H groups in total. The lowest BCUT2D eigenvalue weighted by Crippen LogP contribution is -2.24. The number of amides is 1. The van der Waals surface area contributed by atoms with Gasteiger partial charge in [0, 0.05) is 53.2 Å². The standard InChI is InChI=1S/C20H22N6O2S2/c1-21-17-10-14(5-6-18(17)30-26-9-2-4-15(26)13-27)19(28)22-11-16-12-23-20(29-16)25-8-3-7-24-25/h3,5-8,10,12-13,15,21H,2,4,9,11H2,1H3,(H,22,28). The fourth-order valence-corrected chi connectivity index (χ4v) is 5.17. The number of carbonyl (C=O) groups is 2. The fourth-order valence-electron chi connectivity index (χ4n) is 3.22. The zero-order valence-corrected chi connectivity index (χ0v) is 18.1. The van der Waals surface area contributed by atoms with Crippen LogP contribution in [0.4, 0.5) is 5.69 Å². The Bertz CT molecular complexity index is 1020. The van der Waals surface area contributed by atoms with Crippen molar-refractivity contribution < 1.29 is 9.59 Å². The van der Waals surface area contributed by atoms with Crippen molar-refractivity contribution >= 4 is 41.2 Å². The molecule has 3 aromatic rings. The molecule has 1 aliphatic heterocycles. The predicted octanol–water partition coefficient (Wildman–Crippen LogP) is 2.97. The topological polar surface area (TPSA) is 92.2 Å². The van der Waals surface area contributed by atoms with Crippen LogP contribution in [0.25, 0.3) is 5.13 Å². The predicted molar refractivity (Wildman–Crippen MR) is 118 cm³/mol. The molecule has 1 aromatic carbocycles. The van der Waals surface area contributed by atoms with Crippen LogP contribution in [0.2, 0.25) is 0 Å². The first-order valence-electron chi connectivity index (χ1n) is 9.62. The van der Waals surface area contributed by atoms with Crippen LogP contribution in [-0.2, 0) is 11.3 Å². The van der Waals surface area contributed by atoms with Gasteiger partial charge in [0.2, 0.25) is 5.13 Å². The second kappa shape index (κ2) is 9.41. The normalized spacial score (nSPS) is 16.5. The summed E-state index contributed by atoms with van der Waals surface area (Å²) in [4.78, 5) is 30.1. The van der Waals surface area contributed by atoms with Gasteiger partial charge in [-0.15, -0.1) is 0 Å². The minimum atomic E-state index is -0.149. The highest BCUT2D eigenvalue weighted by Crippen LogP contribution is 2.35. The molecule has 3 heterocycles. The van der Waals surface area contributed by atoms with E-state index in [9.17, 15) is 9.59 Å². The molecular weight excluding hydrogens is 420 g/mol. The second-order valence-electron chi connectivity index (χ2n) is 6.78. The molecule has 0 saturated carbocycles. The Kier molecular flexibility index (Phi) is 6.46. The number of nitrogens with zero attached hydrogens (tertiary/aromatic N) is 4. The first-order chi connectivity index (χ1) is 14.7. The third-order valence-corrected chi connectivity index (χ3v) is 7.02. The van der Waals surface area contributed by atoms with Gasteiger partial charge in [0.05, 0.1) is 12.6 Å². The highest BCUT2D eigenvalue weighted by atomic mass is 32.2. The van der Waals surface area contributed by atoms with Gasteiger partial charge in [0.25, 0.3) is 5.91 Å².